The molecule has 5 heteroatoms. The SMILES string of the molecule is Cc1cnn(CC(=O)NC[C@@]2(O)CCCc3ccccc32)c1. The third-order valence-corrected chi connectivity index (χ3v) is 4.20. The molecule has 0 fully saturated rings. The highest BCUT2D eigenvalue weighted by Crippen LogP contribution is 2.34. The van der Waals surface area contributed by atoms with Gasteiger partial charge in [-0.05, 0) is 42.9 Å². The molecule has 116 valence electrons. The van der Waals surface area contributed by atoms with E-state index in [0.717, 1.165) is 24.0 Å². The van der Waals surface area contributed by atoms with E-state index in [0.29, 0.717) is 6.42 Å². The molecule has 1 aliphatic rings. The molecule has 0 unspecified atom stereocenters. The Morgan fingerprint density at radius 2 is 2.27 bits per heavy atom. The summed E-state index contributed by atoms with van der Waals surface area (Å²) in [5, 5.41) is 17.8. The highest BCUT2D eigenvalue weighted by atomic mass is 16.3. The first-order valence-corrected chi connectivity index (χ1v) is 7.63. The number of hydrogen-bond acceptors (Lipinski definition) is 3. The first-order valence-electron chi connectivity index (χ1n) is 7.63. The summed E-state index contributed by atoms with van der Waals surface area (Å²) in [6, 6.07) is 7.93. The molecule has 1 heterocycles. The molecule has 1 atom stereocenters. The monoisotopic (exact) mass is 299 g/mol. The van der Waals surface area contributed by atoms with Crippen molar-refractivity contribution in [1.82, 2.24) is 15.1 Å². The fourth-order valence-corrected chi connectivity index (χ4v) is 3.08. The van der Waals surface area contributed by atoms with Crippen LogP contribution in [0.5, 0.6) is 0 Å². The van der Waals surface area contributed by atoms with Gasteiger partial charge in [0.05, 0.1) is 12.7 Å². The van der Waals surface area contributed by atoms with Gasteiger partial charge in [0.2, 0.25) is 5.91 Å². The maximum absolute atomic E-state index is 12.0. The maximum Gasteiger partial charge on any atom is 0.241 e. The summed E-state index contributed by atoms with van der Waals surface area (Å²) >= 11 is 0. The van der Waals surface area contributed by atoms with Crippen molar-refractivity contribution in [2.75, 3.05) is 6.54 Å². The Balaban J connectivity index is 1.65. The third kappa shape index (κ3) is 3.04. The number of rotatable bonds is 4. The molecule has 0 spiro atoms. The predicted octanol–water partition coefficient (Wildman–Crippen LogP) is 1.53. The Labute approximate surface area is 130 Å². The molecule has 1 aliphatic carbocycles. The van der Waals surface area contributed by atoms with Gasteiger partial charge in [0, 0.05) is 6.20 Å². The van der Waals surface area contributed by atoms with Crippen LogP contribution in [0.1, 0.15) is 29.5 Å². The summed E-state index contributed by atoms with van der Waals surface area (Å²) in [5.74, 6) is -0.139. The number of nitrogens with one attached hydrogen (secondary N) is 1. The zero-order chi connectivity index (χ0) is 15.6. The molecule has 1 aromatic carbocycles. The smallest absolute Gasteiger partial charge is 0.241 e. The van der Waals surface area contributed by atoms with Gasteiger partial charge in [-0.2, -0.15) is 5.10 Å². The van der Waals surface area contributed by atoms with Crippen LogP contribution in [0.4, 0.5) is 0 Å². The van der Waals surface area contributed by atoms with Crippen molar-refractivity contribution in [3.63, 3.8) is 0 Å². The van der Waals surface area contributed by atoms with Crippen molar-refractivity contribution < 1.29 is 9.90 Å². The fraction of sp³-hybridized carbons (Fsp3) is 0.412. The molecule has 3 rings (SSSR count). The van der Waals surface area contributed by atoms with Gasteiger partial charge >= 0.3 is 0 Å². The second-order valence-electron chi connectivity index (χ2n) is 6.03. The minimum atomic E-state index is -0.968. The number of aliphatic hydroxyl groups is 1. The molecule has 0 aliphatic heterocycles. The lowest BCUT2D eigenvalue weighted by molar-refractivity contribution is -0.123. The van der Waals surface area contributed by atoms with Gasteiger partial charge in [0.25, 0.3) is 0 Å². The van der Waals surface area contributed by atoms with Gasteiger partial charge in [-0.1, -0.05) is 24.3 Å². The number of amides is 1. The van der Waals surface area contributed by atoms with Crippen LogP contribution in [-0.4, -0.2) is 27.3 Å². The van der Waals surface area contributed by atoms with Crippen molar-refractivity contribution in [2.24, 2.45) is 0 Å². The normalized spacial score (nSPS) is 20.5. The molecule has 0 radical (unpaired) electrons. The number of aromatic nitrogens is 2. The fourth-order valence-electron chi connectivity index (χ4n) is 3.08. The van der Waals surface area contributed by atoms with Crippen molar-refractivity contribution in [3.8, 4) is 0 Å². The molecule has 0 bridgehead atoms. The number of hydrogen-bond donors (Lipinski definition) is 2. The molecule has 0 saturated carbocycles. The standard InChI is InChI=1S/C17H21N3O2/c1-13-9-19-20(10-13)11-16(21)18-12-17(22)8-4-6-14-5-2-3-7-15(14)17/h2-3,5,7,9-10,22H,4,6,8,11-12H2,1H3,(H,18,21)/t17-/m0/s1. The lowest BCUT2D eigenvalue weighted by Crippen LogP contribution is -2.43. The van der Waals surface area contributed by atoms with E-state index in [1.807, 2.05) is 37.4 Å². The van der Waals surface area contributed by atoms with E-state index in [2.05, 4.69) is 10.4 Å². The number of carbonyl (C=O) groups excluding carboxylic acids is 1. The number of carbonyl (C=O) groups is 1. The van der Waals surface area contributed by atoms with E-state index in [1.54, 1.807) is 10.9 Å². The van der Waals surface area contributed by atoms with Gasteiger partial charge in [0.15, 0.2) is 0 Å². The van der Waals surface area contributed by atoms with Gasteiger partial charge in [-0.25, -0.2) is 0 Å². The molecule has 5 nitrogen and oxygen atoms in total. The molecule has 1 amide bonds. The largest absolute Gasteiger partial charge is 0.383 e. The topological polar surface area (TPSA) is 67.2 Å². The van der Waals surface area contributed by atoms with E-state index in [4.69, 9.17) is 0 Å². The Bertz CT molecular complexity index is 680. The van der Waals surface area contributed by atoms with Gasteiger partial charge in [0.1, 0.15) is 12.1 Å². The van der Waals surface area contributed by atoms with E-state index in [-0.39, 0.29) is 19.0 Å². The summed E-state index contributed by atoms with van der Waals surface area (Å²) in [7, 11) is 0. The number of benzene rings is 1. The predicted molar refractivity (Wildman–Crippen MR) is 83.3 cm³/mol. The molecule has 1 aromatic heterocycles. The quantitative estimate of drug-likeness (QED) is 0.900. The second kappa shape index (κ2) is 5.93. The van der Waals surface area contributed by atoms with Gasteiger partial charge in [-0.15, -0.1) is 0 Å². The molecular weight excluding hydrogens is 278 g/mol. The number of fused-ring (bicyclic) bond motifs is 1. The van der Waals surface area contributed by atoms with Gasteiger partial charge in [-0.3, -0.25) is 9.48 Å². The highest BCUT2D eigenvalue weighted by Gasteiger charge is 2.34. The zero-order valence-electron chi connectivity index (χ0n) is 12.7. The van der Waals surface area contributed by atoms with Crippen molar-refractivity contribution >= 4 is 5.91 Å². The molecule has 2 N–H and O–H groups in total. The van der Waals surface area contributed by atoms with Crippen LogP contribution in [0.2, 0.25) is 0 Å². The van der Waals surface area contributed by atoms with Gasteiger partial charge < -0.3 is 10.4 Å². The Morgan fingerprint density at radius 3 is 3.05 bits per heavy atom. The first kappa shape index (κ1) is 14.8. The average molecular weight is 299 g/mol. The maximum atomic E-state index is 12.0. The summed E-state index contributed by atoms with van der Waals surface area (Å²) in [6.07, 6.45) is 6.13. The van der Waals surface area contributed by atoms with Crippen LogP contribution in [0.15, 0.2) is 36.7 Å². The summed E-state index contributed by atoms with van der Waals surface area (Å²) < 4.78 is 1.60. The lowest BCUT2D eigenvalue weighted by Gasteiger charge is -2.34. The van der Waals surface area contributed by atoms with Crippen molar-refractivity contribution in [1.29, 1.82) is 0 Å². The first-order chi connectivity index (χ1) is 10.6. The van der Waals surface area contributed by atoms with E-state index < -0.39 is 5.60 Å². The second-order valence-corrected chi connectivity index (χ2v) is 6.03. The Hall–Kier alpha value is -2.14. The number of nitrogens with zero attached hydrogens (tertiary/aromatic N) is 2. The zero-order valence-corrected chi connectivity index (χ0v) is 12.7. The minimum absolute atomic E-state index is 0.139. The van der Waals surface area contributed by atoms with Crippen LogP contribution < -0.4 is 5.32 Å². The molecule has 22 heavy (non-hydrogen) atoms. The Morgan fingerprint density at radius 1 is 1.45 bits per heavy atom. The summed E-state index contributed by atoms with van der Waals surface area (Å²) in [6.45, 7) is 2.34. The van der Waals surface area contributed by atoms with Crippen LogP contribution in [0.25, 0.3) is 0 Å². The number of aryl methyl sites for hydroxylation is 2. The molecule has 0 saturated heterocycles. The van der Waals surface area contributed by atoms with Crippen LogP contribution in [0.3, 0.4) is 0 Å². The highest BCUT2D eigenvalue weighted by molar-refractivity contribution is 5.75. The minimum Gasteiger partial charge on any atom is -0.383 e. The van der Waals surface area contributed by atoms with Crippen molar-refractivity contribution in [3.05, 3.63) is 53.3 Å². The third-order valence-electron chi connectivity index (χ3n) is 4.20. The summed E-state index contributed by atoms with van der Waals surface area (Å²) in [5.41, 5.74) is 2.17. The lowest BCUT2D eigenvalue weighted by atomic mass is 9.79. The van der Waals surface area contributed by atoms with Crippen molar-refractivity contribution in [2.45, 2.75) is 38.3 Å². The van der Waals surface area contributed by atoms with E-state index >= 15 is 0 Å². The van der Waals surface area contributed by atoms with Crippen LogP contribution in [-0.2, 0) is 23.4 Å². The van der Waals surface area contributed by atoms with E-state index in [9.17, 15) is 9.90 Å². The van der Waals surface area contributed by atoms with E-state index in [1.165, 1.54) is 5.56 Å². The average Bonchev–Trinajstić information content (AvgIpc) is 2.91. The Kier molecular flexibility index (Phi) is 3.98. The van der Waals surface area contributed by atoms with Crippen LogP contribution >= 0.6 is 0 Å². The molecule has 2 aromatic rings. The molecular formula is C17H21N3O2. The summed E-state index contributed by atoms with van der Waals surface area (Å²) in [4.78, 5) is 12.0. The van der Waals surface area contributed by atoms with Crippen LogP contribution in [0, 0.1) is 6.92 Å².